The summed E-state index contributed by atoms with van der Waals surface area (Å²) in [5.74, 6) is 0.584. The molecule has 124 valence electrons. The van der Waals surface area contributed by atoms with Gasteiger partial charge in [-0.2, -0.15) is 0 Å². The number of guanidine groups is 1. The molecule has 22 heavy (non-hydrogen) atoms. The van der Waals surface area contributed by atoms with Crippen LogP contribution < -0.4 is 10.6 Å². The average molecular weight is 309 g/mol. The molecule has 5 heteroatoms. The van der Waals surface area contributed by atoms with E-state index in [4.69, 9.17) is 4.74 Å². The first kappa shape index (κ1) is 18.4. The molecule has 0 aromatic heterocycles. The van der Waals surface area contributed by atoms with E-state index in [1.807, 2.05) is 13.0 Å². The van der Waals surface area contributed by atoms with Crippen LogP contribution in [0.4, 0.5) is 4.39 Å². The van der Waals surface area contributed by atoms with E-state index in [2.05, 4.69) is 22.5 Å². The highest BCUT2D eigenvalue weighted by atomic mass is 19.1. The minimum atomic E-state index is -0.192. The lowest BCUT2D eigenvalue weighted by Crippen LogP contribution is -2.38. The van der Waals surface area contributed by atoms with Gasteiger partial charge in [0.15, 0.2) is 5.96 Å². The molecule has 0 bridgehead atoms. The predicted octanol–water partition coefficient (Wildman–Crippen LogP) is 2.74. The lowest BCUT2D eigenvalue weighted by molar-refractivity contribution is 0.139. The van der Waals surface area contributed by atoms with E-state index in [9.17, 15) is 4.39 Å². The first-order valence-corrected chi connectivity index (χ1v) is 8.10. The van der Waals surface area contributed by atoms with Crippen LogP contribution in [0.15, 0.2) is 29.3 Å². The van der Waals surface area contributed by atoms with E-state index in [0.717, 1.165) is 43.9 Å². The van der Waals surface area contributed by atoms with E-state index >= 15 is 0 Å². The quantitative estimate of drug-likeness (QED) is 0.397. The molecule has 0 amide bonds. The molecule has 0 heterocycles. The molecule has 0 spiro atoms. The van der Waals surface area contributed by atoms with E-state index in [1.54, 1.807) is 12.1 Å². The van der Waals surface area contributed by atoms with Crippen LogP contribution in [0, 0.1) is 5.82 Å². The third-order valence-electron chi connectivity index (χ3n) is 3.09. The van der Waals surface area contributed by atoms with Crippen LogP contribution in [0.1, 0.15) is 32.3 Å². The first-order valence-electron chi connectivity index (χ1n) is 8.10. The summed E-state index contributed by atoms with van der Waals surface area (Å²) in [5.41, 5.74) is 0.978. The second-order valence-corrected chi connectivity index (χ2v) is 5.03. The lowest BCUT2D eigenvalue weighted by atomic mass is 10.1. The molecule has 0 aliphatic heterocycles. The SMILES string of the molecule is CCCCOCCN=C(NCC)NCCc1cccc(F)c1. The molecular weight excluding hydrogens is 281 g/mol. The Bertz CT molecular complexity index is 438. The van der Waals surface area contributed by atoms with Gasteiger partial charge in [0.05, 0.1) is 13.2 Å². The van der Waals surface area contributed by atoms with Crippen molar-refractivity contribution in [1.82, 2.24) is 10.6 Å². The van der Waals surface area contributed by atoms with Crippen molar-refractivity contribution < 1.29 is 9.13 Å². The standard InChI is InChI=1S/C17H28FN3O/c1-3-5-12-22-13-11-21-17(19-4-2)20-10-9-15-7-6-8-16(18)14-15/h6-8,14H,3-5,9-13H2,1-2H3,(H2,19,20,21). The van der Waals surface area contributed by atoms with Crippen molar-refractivity contribution in [3.63, 3.8) is 0 Å². The van der Waals surface area contributed by atoms with Gasteiger partial charge in [-0.1, -0.05) is 25.5 Å². The third kappa shape index (κ3) is 8.62. The maximum Gasteiger partial charge on any atom is 0.191 e. The predicted molar refractivity (Wildman–Crippen MR) is 89.8 cm³/mol. The van der Waals surface area contributed by atoms with Gasteiger partial charge in [-0.3, -0.25) is 4.99 Å². The van der Waals surface area contributed by atoms with Crippen LogP contribution in [-0.2, 0) is 11.2 Å². The van der Waals surface area contributed by atoms with Crippen molar-refractivity contribution in [2.75, 3.05) is 32.8 Å². The summed E-state index contributed by atoms with van der Waals surface area (Å²) in [7, 11) is 0. The average Bonchev–Trinajstić information content (AvgIpc) is 2.51. The molecular formula is C17H28FN3O. The Morgan fingerprint density at radius 2 is 2.09 bits per heavy atom. The van der Waals surface area contributed by atoms with Crippen LogP contribution >= 0.6 is 0 Å². The fourth-order valence-electron chi connectivity index (χ4n) is 1.93. The Morgan fingerprint density at radius 1 is 1.23 bits per heavy atom. The molecule has 0 saturated carbocycles. The summed E-state index contributed by atoms with van der Waals surface area (Å²) in [5, 5.41) is 6.44. The molecule has 1 aromatic rings. The Hall–Kier alpha value is -1.62. The molecule has 4 nitrogen and oxygen atoms in total. The third-order valence-corrected chi connectivity index (χ3v) is 3.09. The number of benzene rings is 1. The van der Waals surface area contributed by atoms with Gasteiger partial charge >= 0.3 is 0 Å². The summed E-state index contributed by atoms with van der Waals surface area (Å²) >= 11 is 0. The van der Waals surface area contributed by atoms with Gasteiger partial charge in [0.2, 0.25) is 0 Å². The second kappa shape index (κ2) is 12.0. The molecule has 0 atom stereocenters. The number of unbranched alkanes of at least 4 members (excludes halogenated alkanes) is 1. The summed E-state index contributed by atoms with van der Waals surface area (Å²) in [6.45, 7) is 7.78. The minimum Gasteiger partial charge on any atom is -0.380 e. The Labute approximate surface area is 133 Å². The molecule has 0 radical (unpaired) electrons. The van der Waals surface area contributed by atoms with Gasteiger partial charge < -0.3 is 15.4 Å². The zero-order valence-electron chi connectivity index (χ0n) is 13.7. The summed E-state index contributed by atoms with van der Waals surface area (Å²) in [6, 6.07) is 6.68. The smallest absolute Gasteiger partial charge is 0.191 e. The van der Waals surface area contributed by atoms with Crippen LogP contribution in [0.25, 0.3) is 0 Å². The number of nitrogens with zero attached hydrogens (tertiary/aromatic N) is 1. The molecule has 0 unspecified atom stereocenters. The van der Waals surface area contributed by atoms with Crippen molar-refractivity contribution in [2.24, 2.45) is 4.99 Å². The highest BCUT2D eigenvalue weighted by Gasteiger charge is 1.99. The number of halogens is 1. The number of rotatable bonds is 10. The van der Waals surface area contributed by atoms with Crippen molar-refractivity contribution in [1.29, 1.82) is 0 Å². The maximum absolute atomic E-state index is 13.1. The number of hydrogen-bond donors (Lipinski definition) is 2. The fourth-order valence-corrected chi connectivity index (χ4v) is 1.93. The summed E-state index contributed by atoms with van der Waals surface area (Å²) < 4.78 is 18.6. The second-order valence-electron chi connectivity index (χ2n) is 5.03. The molecule has 0 aliphatic rings. The van der Waals surface area contributed by atoms with Gasteiger partial charge in [0.25, 0.3) is 0 Å². The number of nitrogens with one attached hydrogen (secondary N) is 2. The molecule has 2 N–H and O–H groups in total. The van der Waals surface area contributed by atoms with E-state index in [0.29, 0.717) is 19.7 Å². The molecule has 0 aliphatic carbocycles. The lowest BCUT2D eigenvalue weighted by Gasteiger charge is -2.11. The fraction of sp³-hybridized carbons (Fsp3) is 0.588. The van der Waals surface area contributed by atoms with Gasteiger partial charge in [-0.25, -0.2) is 4.39 Å². The van der Waals surface area contributed by atoms with Gasteiger partial charge in [-0.05, 0) is 37.5 Å². The number of aliphatic imine (C=N–C) groups is 1. The largest absolute Gasteiger partial charge is 0.380 e. The van der Waals surface area contributed by atoms with Crippen LogP contribution in [-0.4, -0.2) is 38.8 Å². The monoisotopic (exact) mass is 309 g/mol. The zero-order chi connectivity index (χ0) is 16.0. The Balaban J connectivity index is 2.27. The molecule has 1 aromatic carbocycles. The van der Waals surface area contributed by atoms with E-state index in [-0.39, 0.29) is 5.82 Å². The van der Waals surface area contributed by atoms with Crippen molar-refractivity contribution in [3.8, 4) is 0 Å². The topological polar surface area (TPSA) is 45.6 Å². The Kier molecular flexibility index (Phi) is 10.0. The van der Waals surface area contributed by atoms with Gasteiger partial charge in [-0.15, -0.1) is 0 Å². The van der Waals surface area contributed by atoms with Crippen LogP contribution in [0.5, 0.6) is 0 Å². The first-order chi connectivity index (χ1) is 10.8. The van der Waals surface area contributed by atoms with E-state index in [1.165, 1.54) is 6.07 Å². The normalized spacial score (nSPS) is 11.5. The Morgan fingerprint density at radius 3 is 2.82 bits per heavy atom. The van der Waals surface area contributed by atoms with Gasteiger partial charge in [0.1, 0.15) is 5.82 Å². The van der Waals surface area contributed by atoms with Crippen molar-refractivity contribution >= 4 is 5.96 Å². The highest BCUT2D eigenvalue weighted by molar-refractivity contribution is 5.79. The van der Waals surface area contributed by atoms with Crippen LogP contribution in [0.2, 0.25) is 0 Å². The molecule has 1 rings (SSSR count). The highest BCUT2D eigenvalue weighted by Crippen LogP contribution is 2.03. The number of ether oxygens (including phenoxy) is 1. The minimum absolute atomic E-state index is 0.192. The summed E-state index contributed by atoms with van der Waals surface area (Å²) in [4.78, 5) is 4.46. The molecule has 0 saturated heterocycles. The number of hydrogen-bond acceptors (Lipinski definition) is 2. The summed E-state index contributed by atoms with van der Waals surface area (Å²) in [6.07, 6.45) is 3.00. The van der Waals surface area contributed by atoms with Crippen molar-refractivity contribution in [2.45, 2.75) is 33.1 Å². The van der Waals surface area contributed by atoms with Crippen molar-refractivity contribution in [3.05, 3.63) is 35.6 Å². The van der Waals surface area contributed by atoms with Crippen LogP contribution in [0.3, 0.4) is 0 Å². The van der Waals surface area contributed by atoms with Gasteiger partial charge in [0, 0.05) is 19.7 Å². The molecule has 0 fully saturated rings. The maximum atomic E-state index is 13.1. The van der Waals surface area contributed by atoms with E-state index < -0.39 is 0 Å². The zero-order valence-corrected chi connectivity index (χ0v) is 13.7.